The number of halogens is 1. The van der Waals surface area contributed by atoms with Crippen molar-refractivity contribution >= 4 is 17.5 Å². The van der Waals surface area contributed by atoms with E-state index in [4.69, 9.17) is 11.6 Å². The van der Waals surface area contributed by atoms with Gasteiger partial charge in [0.25, 0.3) is 5.91 Å². The smallest absolute Gasteiger partial charge is 0.264 e. The molecule has 1 amide bonds. The molecule has 1 saturated heterocycles. The van der Waals surface area contributed by atoms with Gasteiger partial charge in [-0.15, -0.1) is 0 Å². The van der Waals surface area contributed by atoms with Crippen LogP contribution >= 0.6 is 11.6 Å². The molecule has 3 unspecified atom stereocenters. The van der Waals surface area contributed by atoms with Gasteiger partial charge in [0.15, 0.2) is 0 Å². The first-order valence-electron chi connectivity index (χ1n) is 8.46. The second-order valence-electron chi connectivity index (χ2n) is 6.87. The quantitative estimate of drug-likeness (QED) is 0.875. The van der Waals surface area contributed by atoms with Crippen molar-refractivity contribution < 1.29 is 4.79 Å². The lowest BCUT2D eigenvalue weighted by Gasteiger charge is -2.35. The van der Waals surface area contributed by atoms with E-state index in [1.54, 1.807) is 11.1 Å². The molecule has 5 heteroatoms. The van der Waals surface area contributed by atoms with Crippen molar-refractivity contribution in [1.82, 2.24) is 15.8 Å². The Hall–Kier alpha value is -1.52. The van der Waals surface area contributed by atoms with Crippen LogP contribution in [0.3, 0.4) is 0 Å². The lowest BCUT2D eigenvalue weighted by atomic mass is 9.89. The Morgan fingerprint density at radius 3 is 2.57 bits per heavy atom. The van der Waals surface area contributed by atoms with Crippen molar-refractivity contribution in [2.24, 2.45) is 5.92 Å². The number of amides is 1. The van der Waals surface area contributed by atoms with Crippen molar-refractivity contribution in [3.8, 4) is 0 Å². The summed E-state index contributed by atoms with van der Waals surface area (Å²) in [5.74, 6) is 0.795. The van der Waals surface area contributed by atoms with E-state index in [1.807, 2.05) is 12.1 Å². The number of rotatable bonds is 2. The zero-order valence-electron chi connectivity index (χ0n) is 13.3. The number of hydrogen-bond donors (Lipinski definition) is 2. The molecule has 2 aliphatic heterocycles. The van der Waals surface area contributed by atoms with Gasteiger partial charge in [-0.2, -0.15) is 0 Å². The Labute approximate surface area is 141 Å². The van der Waals surface area contributed by atoms with Gasteiger partial charge in [-0.1, -0.05) is 36.6 Å². The fourth-order valence-corrected chi connectivity index (χ4v) is 4.34. The number of nitrogens with one attached hydrogen (secondary N) is 2. The maximum Gasteiger partial charge on any atom is 0.264 e. The normalized spacial score (nSPS) is 31.0. The largest absolute Gasteiger partial charge is 0.366 e. The summed E-state index contributed by atoms with van der Waals surface area (Å²) in [4.78, 5) is 12.5. The molecule has 0 spiro atoms. The highest BCUT2D eigenvalue weighted by Gasteiger charge is 2.45. The third-order valence-electron chi connectivity index (χ3n) is 5.38. The predicted molar refractivity (Wildman–Crippen MR) is 90.6 cm³/mol. The van der Waals surface area contributed by atoms with Crippen molar-refractivity contribution in [1.29, 1.82) is 0 Å². The van der Waals surface area contributed by atoms with Gasteiger partial charge < -0.3 is 5.32 Å². The van der Waals surface area contributed by atoms with Crippen molar-refractivity contribution in [2.45, 2.75) is 50.7 Å². The molecule has 1 saturated carbocycles. The van der Waals surface area contributed by atoms with E-state index in [9.17, 15) is 4.79 Å². The number of carbonyl (C=O) groups is 1. The fraction of sp³-hybridized carbons (Fsp3) is 0.500. The summed E-state index contributed by atoms with van der Waals surface area (Å²) in [6, 6.07) is 8.16. The first kappa shape index (κ1) is 15.0. The molecule has 0 bridgehead atoms. The minimum atomic E-state index is -0.0284. The number of fused-ring (bicyclic) bond motifs is 1. The molecule has 0 aromatic heterocycles. The van der Waals surface area contributed by atoms with Crippen LogP contribution in [0.25, 0.3) is 0 Å². The van der Waals surface area contributed by atoms with E-state index in [0.29, 0.717) is 5.92 Å². The molecule has 3 atom stereocenters. The Bertz CT molecular complexity index is 636. The Kier molecular flexibility index (Phi) is 3.82. The van der Waals surface area contributed by atoms with Crippen LogP contribution in [0.1, 0.15) is 44.1 Å². The number of benzene rings is 1. The first-order valence-corrected chi connectivity index (χ1v) is 8.84. The summed E-state index contributed by atoms with van der Waals surface area (Å²) in [5.41, 5.74) is 5.66. The average molecular weight is 332 g/mol. The fourth-order valence-electron chi connectivity index (χ4n) is 4.21. The maximum atomic E-state index is 12.5. The van der Waals surface area contributed by atoms with E-state index in [-0.39, 0.29) is 24.0 Å². The van der Waals surface area contributed by atoms with Gasteiger partial charge in [0.1, 0.15) is 6.17 Å². The van der Waals surface area contributed by atoms with Crippen LogP contribution in [0.5, 0.6) is 0 Å². The van der Waals surface area contributed by atoms with Crippen LogP contribution in [0, 0.1) is 5.92 Å². The van der Waals surface area contributed by atoms with Crippen molar-refractivity contribution in [2.75, 3.05) is 0 Å². The number of allylic oxidation sites excluding steroid dienone is 1. The molecular weight excluding hydrogens is 310 g/mol. The second-order valence-corrected chi connectivity index (χ2v) is 7.31. The van der Waals surface area contributed by atoms with Crippen LogP contribution in [-0.2, 0) is 4.79 Å². The van der Waals surface area contributed by atoms with E-state index in [2.05, 4.69) is 29.8 Å². The molecule has 2 N–H and O–H groups in total. The van der Waals surface area contributed by atoms with Crippen LogP contribution in [-0.4, -0.2) is 23.1 Å². The Balaban J connectivity index is 1.63. The first-order chi connectivity index (χ1) is 11.1. The van der Waals surface area contributed by atoms with E-state index in [0.717, 1.165) is 10.7 Å². The van der Waals surface area contributed by atoms with Gasteiger partial charge in [-0.25, -0.2) is 5.43 Å². The second kappa shape index (κ2) is 5.84. The number of nitrogens with zero attached hydrogens (tertiary/aromatic N) is 1. The van der Waals surface area contributed by atoms with Gasteiger partial charge >= 0.3 is 0 Å². The topological polar surface area (TPSA) is 44.4 Å². The number of hydrogen-bond acceptors (Lipinski definition) is 3. The van der Waals surface area contributed by atoms with Crippen LogP contribution in [0.15, 0.2) is 36.0 Å². The molecule has 122 valence electrons. The number of hydrazine groups is 1. The van der Waals surface area contributed by atoms with Gasteiger partial charge in [0.05, 0.1) is 0 Å². The molecule has 1 aromatic carbocycles. The highest BCUT2D eigenvalue weighted by atomic mass is 35.5. The maximum absolute atomic E-state index is 12.5. The highest BCUT2D eigenvalue weighted by molar-refractivity contribution is 6.30. The monoisotopic (exact) mass is 331 g/mol. The molecular formula is C18H22ClN3O. The molecule has 2 fully saturated rings. The number of carbonyl (C=O) groups excluding carboxylic acids is 1. The summed E-state index contributed by atoms with van der Waals surface area (Å²) in [7, 11) is 0. The van der Waals surface area contributed by atoms with E-state index < -0.39 is 0 Å². The summed E-state index contributed by atoms with van der Waals surface area (Å²) in [5, 5.41) is 6.14. The molecule has 1 aliphatic carbocycles. The summed E-state index contributed by atoms with van der Waals surface area (Å²) < 4.78 is 0. The Morgan fingerprint density at radius 2 is 1.87 bits per heavy atom. The SMILES string of the molecule is CC1NN2C(=O)C=C(C3CCCC3)NC2C1c1ccc(Cl)cc1. The average Bonchev–Trinajstić information content (AvgIpc) is 3.16. The molecule has 1 aromatic rings. The molecule has 2 heterocycles. The minimum Gasteiger partial charge on any atom is -0.366 e. The predicted octanol–water partition coefficient (Wildman–Crippen LogP) is 3.16. The van der Waals surface area contributed by atoms with Gasteiger partial charge in [0.2, 0.25) is 0 Å². The summed E-state index contributed by atoms with van der Waals surface area (Å²) in [6.45, 7) is 2.13. The lowest BCUT2D eigenvalue weighted by molar-refractivity contribution is -0.131. The van der Waals surface area contributed by atoms with Crippen LogP contribution in [0.4, 0.5) is 0 Å². The Morgan fingerprint density at radius 1 is 1.17 bits per heavy atom. The van der Waals surface area contributed by atoms with Gasteiger partial charge in [-0.3, -0.25) is 9.80 Å². The molecule has 4 rings (SSSR count). The third-order valence-corrected chi connectivity index (χ3v) is 5.63. The van der Waals surface area contributed by atoms with Crippen LogP contribution < -0.4 is 10.7 Å². The third kappa shape index (κ3) is 2.64. The highest BCUT2D eigenvalue weighted by Crippen LogP contribution is 2.37. The molecule has 4 nitrogen and oxygen atoms in total. The van der Waals surface area contributed by atoms with E-state index >= 15 is 0 Å². The van der Waals surface area contributed by atoms with Crippen LogP contribution in [0.2, 0.25) is 5.02 Å². The van der Waals surface area contributed by atoms with Crippen molar-refractivity contribution in [3.63, 3.8) is 0 Å². The van der Waals surface area contributed by atoms with Gasteiger partial charge in [0, 0.05) is 28.8 Å². The lowest BCUT2D eigenvalue weighted by Crippen LogP contribution is -2.53. The summed E-state index contributed by atoms with van der Waals surface area (Å²) in [6.07, 6.45) is 6.67. The minimum absolute atomic E-state index is 0.0284. The molecule has 3 aliphatic rings. The zero-order valence-corrected chi connectivity index (χ0v) is 14.0. The van der Waals surface area contributed by atoms with Gasteiger partial charge in [-0.05, 0) is 43.4 Å². The molecule has 23 heavy (non-hydrogen) atoms. The molecule has 0 radical (unpaired) electrons. The van der Waals surface area contributed by atoms with E-state index in [1.165, 1.54) is 31.2 Å². The summed E-state index contributed by atoms with van der Waals surface area (Å²) >= 11 is 6.02. The standard InChI is InChI=1S/C18H22ClN3O/c1-11-17(13-6-8-14(19)9-7-13)18-20-15(12-4-2-3-5-12)10-16(23)22(18)21-11/h6-12,17-18,20-21H,2-5H2,1H3. The van der Waals surface area contributed by atoms with Crippen molar-refractivity contribution in [3.05, 3.63) is 46.6 Å². The zero-order chi connectivity index (χ0) is 16.0.